The number of hydrogen-bond acceptors (Lipinski definition) is 20. The van der Waals surface area contributed by atoms with Crippen LogP contribution >= 0.6 is 68.8 Å². The highest BCUT2D eigenvalue weighted by atomic mass is 35.5. The first-order valence-electron chi connectivity index (χ1n) is 26.7. The van der Waals surface area contributed by atoms with Crippen molar-refractivity contribution in [2.45, 2.75) is 58.2 Å². The summed E-state index contributed by atoms with van der Waals surface area (Å²) in [5.41, 5.74) is 8.17. The predicted octanol–water partition coefficient (Wildman–Crippen LogP) is 16.3. The summed E-state index contributed by atoms with van der Waals surface area (Å²) in [4.78, 5) is 29.3. The normalized spacial score (nSPS) is 11.6. The Kier molecular flexibility index (Phi) is 26.1. The van der Waals surface area contributed by atoms with Gasteiger partial charge in [-0.15, -0.1) is 34.0 Å². The number of methoxy groups -OCH3 is 3. The molecule has 4 heterocycles. The maximum atomic E-state index is 12.8. The fourth-order valence-corrected chi connectivity index (χ4v) is 11.8. The highest BCUT2D eigenvalue weighted by Crippen LogP contribution is 2.39. The molecule has 0 fully saturated rings. The number of oxime groups is 1. The van der Waals surface area contributed by atoms with Gasteiger partial charge in [0, 0.05) is 55.2 Å². The van der Waals surface area contributed by atoms with Gasteiger partial charge in [0.15, 0.2) is 11.7 Å². The van der Waals surface area contributed by atoms with Gasteiger partial charge in [0.05, 0.1) is 88.9 Å². The maximum Gasteiger partial charge on any atom is 0.439 e. The van der Waals surface area contributed by atoms with Crippen LogP contribution in [-0.2, 0) is 72.4 Å². The van der Waals surface area contributed by atoms with E-state index in [9.17, 15) is 44.3 Å². The minimum Gasteiger partial charge on any atom is -0.488 e. The molecular formula is C61H49Cl3F9N9O10S3. The molecule has 0 aliphatic carbocycles. The van der Waals surface area contributed by atoms with Gasteiger partial charge in [0.25, 0.3) is 0 Å². The number of aromatic nitrogens is 5. The molecular weight excluding hydrogens is 1390 g/mol. The molecule has 0 saturated carbocycles. The van der Waals surface area contributed by atoms with Crippen LogP contribution in [0.3, 0.4) is 0 Å². The van der Waals surface area contributed by atoms with E-state index in [1.54, 1.807) is 48.5 Å². The Morgan fingerprint density at radius 3 is 1.22 bits per heavy atom. The Morgan fingerprint density at radius 1 is 0.558 bits per heavy atom. The monoisotopic (exact) mass is 1440 g/mol. The van der Waals surface area contributed by atoms with Gasteiger partial charge in [0.1, 0.15) is 58.2 Å². The number of nitrogens with one attached hydrogen (secondary N) is 1. The smallest absolute Gasteiger partial charge is 0.439 e. The number of nitriles is 1. The third-order valence-corrected chi connectivity index (χ3v) is 17.0. The summed E-state index contributed by atoms with van der Waals surface area (Å²) in [5, 5.41) is 33.2. The number of benzene rings is 6. The zero-order valence-corrected chi connectivity index (χ0v) is 53.8. The average molecular weight is 1440 g/mol. The van der Waals surface area contributed by atoms with Crippen LogP contribution in [0, 0.1) is 11.3 Å². The molecule has 0 radical (unpaired) electrons. The molecule has 95 heavy (non-hydrogen) atoms. The summed E-state index contributed by atoms with van der Waals surface area (Å²) in [7, 11) is 4.57. The number of alkyl halides is 9. The molecule has 0 amide bonds. The third-order valence-electron chi connectivity index (χ3n) is 12.7. The average Bonchev–Trinajstić information content (AvgIpc) is 1.73. The van der Waals surface area contributed by atoms with Gasteiger partial charge in [-0.05, 0) is 84.9 Å². The molecule has 0 bridgehead atoms. The summed E-state index contributed by atoms with van der Waals surface area (Å²) in [6.07, 6.45) is -13.2. The number of rotatable bonds is 20. The van der Waals surface area contributed by atoms with Crippen LogP contribution in [0.1, 0.15) is 59.5 Å². The van der Waals surface area contributed by atoms with Crippen molar-refractivity contribution in [2.75, 3.05) is 21.3 Å². The summed E-state index contributed by atoms with van der Waals surface area (Å²) in [5.74, 6) is 4.28. The van der Waals surface area contributed by atoms with Gasteiger partial charge < -0.3 is 44.6 Å². The number of halogens is 12. The molecule has 7 N–H and O–H groups in total. The van der Waals surface area contributed by atoms with E-state index in [4.69, 9.17) is 84.6 Å². The van der Waals surface area contributed by atoms with Crippen molar-refractivity contribution >= 4 is 74.6 Å². The van der Waals surface area contributed by atoms with Crippen LogP contribution in [-0.4, -0.2) is 62.7 Å². The first-order valence-corrected chi connectivity index (χ1v) is 30.3. The number of H-pyrrole nitrogens is 1. The lowest BCUT2D eigenvalue weighted by Crippen LogP contribution is -2.13. The van der Waals surface area contributed by atoms with Crippen LogP contribution in [0.25, 0.3) is 43.1 Å². The lowest BCUT2D eigenvalue weighted by atomic mass is 10.1. The lowest BCUT2D eigenvalue weighted by molar-refractivity contribution is -0.138. The first-order chi connectivity index (χ1) is 45.3. The number of nitrogens with two attached hydrogens (primary N) is 2. The van der Waals surface area contributed by atoms with Crippen LogP contribution in [0.5, 0.6) is 17.2 Å². The van der Waals surface area contributed by atoms with Crippen LogP contribution in [0.2, 0.25) is 15.1 Å². The number of amidine groups is 1. The number of thiazole rings is 3. The molecule has 4 aromatic heterocycles. The lowest BCUT2D eigenvalue weighted by Gasteiger charge is -2.08. The van der Waals surface area contributed by atoms with Gasteiger partial charge in [0.2, 0.25) is 0 Å². The Morgan fingerprint density at radius 2 is 0.916 bits per heavy atom. The second-order valence-electron chi connectivity index (χ2n) is 19.0. The molecule has 10 rings (SSSR count). The van der Waals surface area contributed by atoms with E-state index in [1.165, 1.54) is 97.8 Å². The summed E-state index contributed by atoms with van der Waals surface area (Å²) >= 11 is 22.3. The molecule has 0 saturated heterocycles. The fourth-order valence-electron chi connectivity index (χ4n) is 8.11. The highest BCUT2D eigenvalue weighted by molar-refractivity contribution is 7.15. The van der Waals surface area contributed by atoms with Crippen molar-refractivity contribution in [1.29, 1.82) is 5.26 Å². The maximum absolute atomic E-state index is 12.8. The van der Waals surface area contributed by atoms with Gasteiger partial charge in [-0.25, -0.2) is 25.6 Å². The van der Waals surface area contributed by atoms with E-state index in [0.717, 1.165) is 51.0 Å². The Labute approximate surface area is 560 Å². The van der Waals surface area contributed by atoms with Crippen LogP contribution < -0.4 is 31.6 Å². The Bertz CT molecular complexity index is 4310. The number of hydrogen-bond donors (Lipinski definition) is 5. The quantitative estimate of drug-likeness (QED) is 0.0156. The molecule has 19 nitrogen and oxygen atoms in total. The van der Waals surface area contributed by atoms with Gasteiger partial charge in [-0.1, -0.05) is 81.5 Å². The molecule has 0 spiro atoms. The second kappa shape index (κ2) is 33.6. The number of ether oxygens (including phenoxy) is 6. The summed E-state index contributed by atoms with van der Waals surface area (Å²) in [6, 6.07) is 30.7. The highest BCUT2D eigenvalue weighted by Gasteiger charge is 2.32. The van der Waals surface area contributed by atoms with E-state index in [2.05, 4.69) is 40.7 Å². The van der Waals surface area contributed by atoms with Crippen molar-refractivity contribution in [1.82, 2.24) is 25.1 Å². The molecule has 10 aromatic rings. The molecule has 6 aromatic carbocycles. The van der Waals surface area contributed by atoms with Crippen LogP contribution in [0.4, 0.5) is 39.5 Å². The fraction of sp³-hybridized carbons (Fsp3) is 0.197. The number of aromatic amines is 1. The number of nitrogens with zero attached hydrogens (tertiary/aromatic N) is 6. The van der Waals surface area contributed by atoms with Gasteiger partial charge >= 0.3 is 24.3 Å². The zero-order chi connectivity index (χ0) is 69.2. The molecule has 0 unspecified atom stereocenters. The van der Waals surface area contributed by atoms with Crippen LogP contribution in [0.15, 0.2) is 142 Å². The minimum atomic E-state index is -4.40. The first kappa shape index (κ1) is 73.8. The summed E-state index contributed by atoms with van der Waals surface area (Å²) < 4.78 is 152. The Balaban J connectivity index is 0.000000199. The van der Waals surface area contributed by atoms with Crippen molar-refractivity contribution in [3.63, 3.8) is 0 Å². The van der Waals surface area contributed by atoms with Crippen molar-refractivity contribution in [2.24, 2.45) is 16.8 Å². The SMILES string of the molecule is COCc1nc(-c2ccc(C(F)(F)F)cc2)sc1COc1ccc(-c2noc(=O)[nH]2)c(Cl)c1.COCc1nc(-c2ccc(C(F)(F)F)cc2)sc1COc1ccc(C#N)c(Cl)c1.COCc1nc(-c2ccc(C(F)(F)F)cc2)sc1COc1ccc(C(N)=NO)c(Cl)c1.NO. The largest absolute Gasteiger partial charge is 0.488 e. The zero-order valence-electron chi connectivity index (χ0n) is 49.1. The predicted molar refractivity (Wildman–Crippen MR) is 336 cm³/mol. The van der Waals surface area contributed by atoms with Gasteiger partial charge in [-0.3, -0.25) is 9.51 Å². The summed E-state index contributed by atoms with van der Waals surface area (Å²) in [6.45, 7) is 1.15. The van der Waals surface area contributed by atoms with Crippen molar-refractivity contribution in [3.8, 4) is 66.4 Å². The van der Waals surface area contributed by atoms with E-state index in [-0.39, 0.29) is 61.3 Å². The standard InChI is InChI=1S/C21H15ClF3N3O4S.C20H17ClF3N3O3S.C20H14ClF3N2O2S.H3NO/c1-30-9-16-17(33-19(26-16)11-2-4-12(5-3-11)21(23,24)25)10-31-13-6-7-14(15(22)8-13)18-27-20(29)32-28-18;1-29-9-16-17(10-30-13-6-7-14(15(21)8-13)18(25)27-28)31-19(26-16)11-2-4-12(5-3-11)20(22,23)24;1-27-10-17-18(11-28-15-7-4-13(9-25)16(21)8-15)29-19(26-17)12-2-5-14(6-3-12)20(22,23)24;1-2/h2-8H,9-10H2,1H3,(H,27,28,29);2-8,28H,9-10H2,1H3,(H2,25,27);2-8H,10-11H2,1H3;2H,1H2. The molecule has 0 atom stereocenters. The van der Waals surface area contributed by atoms with E-state index in [1.807, 2.05) is 6.07 Å². The van der Waals surface area contributed by atoms with Crippen molar-refractivity contribution in [3.05, 3.63) is 213 Å². The van der Waals surface area contributed by atoms with Gasteiger partial charge in [-0.2, -0.15) is 44.8 Å². The molecule has 34 heteroatoms. The minimum absolute atomic E-state index is 0.123. The van der Waals surface area contributed by atoms with E-state index >= 15 is 0 Å². The molecule has 0 aliphatic rings. The van der Waals surface area contributed by atoms with Crippen molar-refractivity contribution < 1.29 is 82.9 Å². The Hall–Kier alpha value is -8.65. The van der Waals surface area contributed by atoms with E-state index < -0.39 is 41.0 Å². The molecule has 500 valence electrons. The second-order valence-corrected chi connectivity index (χ2v) is 23.5. The molecule has 0 aliphatic heterocycles. The third kappa shape index (κ3) is 20.2. The topological polar surface area (TPSA) is 282 Å². The van der Waals surface area contributed by atoms with E-state index in [0.29, 0.717) is 87.8 Å².